The molecular weight excluding hydrogens is 258 g/mol. The maximum atomic E-state index is 12.3. The summed E-state index contributed by atoms with van der Waals surface area (Å²) in [5.74, 6) is -1.11. The van der Waals surface area contributed by atoms with Crippen molar-refractivity contribution in [2.24, 2.45) is 5.41 Å². The van der Waals surface area contributed by atoms with Crippen molar-refractivity contribution in [1.29, 1.82) is 0 Å². The normalized spacial score (nSPS) is 23.9. The number of nitrogens with zero attached hydrogens (tertiary/aromatic N) is 1. The second-order valence-corrected chi connectivity index (χ2v) is 6.35. The molecule has 0 bridgehead atoms. The van der Waals surface area contributed by atoms with E-state index in [-0.39, 0.29) is 29.7 Å². The minimum absolute atomic E-state index is 0.0105. The second-order valence-electron chi connectivity index (χ2n) is 6.35. The number of imide groups is 1. The quantitative estimate of drug-likeness (QED) is 0.803. The lowest BCUT2D eigenvalue weighted by Crippen LogP contribution is -2.52. The molecule has 1 spiro atoms. The molecule has 5 nitrogen and oxygen atoms in total. The van der Waals surface area contributed by atoms with Gasteiger partial charge in [-0.3, -0.25) is 19.3 Å². The van der Waals surface area contributed by atoms with E-state index in [1.54, 1.807) is 6.92 Å². The lowest BCUT2D eigenvalue weighted by atomic mass is 9.67. The van der Waals surface area contributed by atoms with Crippen LogP contribution in [0, 0.1) is 5.41 Å². The van der Waals surface area contributed by atoms with Crippen LogP contribution in [0.25, 0.3) is 0 Å². The van der Waals surface area contributed by atoms with Gasteiger partial charge in [-0.15, -0.1) is 0 Å². The smallest absolute Gasteiger partial charge is 0.303 e. The predicted molar refractivity (Wildman–Crippen MR) is 72.9 cm³/mol. The van der Waals surface area contributed by atoms with E-state index in [4.69, 9.17) is 5.11 Å². The number of aliphatic carboxylic acids is 1. The van der Waals surface area contributed by atoms with Gasteiger partial charge in [0.2, 0.25) is 11.8 Å². The number of carboxylic acid groups (broad SMARTS) is 1. The van der Waals surface area contributed by atoms with Gasteiger partial charge in [0.15, 0.2) is 0 Å². The molecule has 1 saturated carbocycles. The highest BCUT2D eigenvalue weighted by Crippen LogP contribution is 2.45. The summed E-state index contributed by atoms with van der Waals surface area (Å²) < 4.78 is 0. The Bertz CT molecular complexity index is 392. The van der Waals surface area contributed by atoms with Crippen LogP contribution < -0.4 is 0 Å². The molecule has 0 aromatic heterocycles. The molecule has 2 amide bonds. The molecule has 0 radical (unpaired) electrons. The van der Waals surface area contributed by atoms with E-state index in [9.17, 15) is 14.4 Å². The zero-order valence-corrected chi connectivity index (χ0v) is 12.1. The first kappa shape index (κ1) is 15.0. The molecule has 0 aromatic carbocycles. The Balaban J connectivity index is 2.01. The lowest BCUT2D eigenvalue weighted by Gasteiger charge is -2.44. The summed E-state index contributed by atoms with van der Waals surface area (Å²) in [5, 5.41) is 8.70. The number of carboxylic acids is 1. The summed E-state index contributed by atoms with van der Waals surface area (Å²) in [7, 11) is 0. The highest BCUT2D eigenvalue weighted by molar-refractivity contribution is 5.99. The van der Waals surface area contributed by atoms with Gasteiger partial charge in [0.1, 0.15) is 0 Å². The fourth-order valence-corrected chi connectivity index (χ4v) is 3.62. The van der Waals surface area contributed by atoms with Crippen LogP contribution in [0.3, 0.4) is 0 Å². The van der Waals surface area contributed by atoms with E-state index in [2.05, 4.69) is 0 Å². The van der Waals surface area contributed by atoms with Crippen molar-refractivity contribution in [3.63, 3.8) is 0 Å². The van der Waals surface area contributed by atoms with Gasteiger partial charge < -0.3 is 5.11 Å². The molecule has 2 fully saturated rings. The van der Waals surface area contributed by atoms with Gasteiger partial charge in [-0.05, 0) is 31.6 Å². The average Bonchev–Trinajstić information content (AvgIpc) is 2.36. The SMILES string of the molecule is CC(CCC(=O)O)N1C(=O)CC2(CCCCC2)CC1=O. The largest absolute Gasteiger partial charge is 0.481 e. The van der Waals surface area contributed by atoms with Crippen LogP contribution in [0.1, 0.15) is 64.7 Å². The number of hydrogen-bond acceptors (Lipinski definition) is 3. The van der Waals surface area contributed by atoms with Crippen molar-refractivity contribution in [3.8, 4) is 0 Å². The standard InChI is InChI=1S/C15H23NO4/c1-11(5-6-14(19)20)16-12(17)9-15(10-13(16)18)7-3-2-4-8-15/h11H,2-10H2,1H3,(H,19,20). The number of amides is 2. The highest BCUT2D eigenvalue weighted by atomic mass is 16.4. The summed E-state index contributed by atoms with van der Waals surface area (Å²) in [4.78, 5) is 36.6. The van der Waals surface area contributed by atoms with Gasteiger partial charge in [-0.1, -0.05) is 19.3 Å². The maximum Gasteiger partial charge on any atom is 0.303 e. The Labute approximate surface area is 119 Å². The van der Waals surface area contributed by atoms with Crippen molar-refractivity contribution in [1.82, 2.24) is 4.90 Å². The van der Waals surface area contributed by atoms with E-state index in [0.717, 1.165) is 25.7 Å². The predicted octanol–water partition coefficient (Wildman–Crippen LogP) is 2.34. The van der Waals surface area contributed by atoms with Crippen LogP contribution in [0.4, 0.5) is 0 Å². The third-order valence-electron chi connectivity index (χ3n) is 4.72. The number of likely N-dealkylation sites (tertiary alicyclic amines) is 1. The molecule has 1 aliphatic heterocycles. The lowest BCUT2D eigenvalue weighted by molar-refractivity contribution is -0.158. The van der Waals surface area contributed by atoms with Gasteiger partial charge in [-0.2, -0.15) is 0 Å². The molecule has 0 aromatic rings. The Hall–Kier alpha value is -1.39. The first-order valence-corrected chi connectivity index (χ1v) is 7.50. The molecule has 5 heteroatoms. The van der Waals surface area contributed by atoms with Gasteiger partial charge in [0.25, 0.3) is 0 Å². The van der Waals surface area contributed by atoms with Crippen LogP contribution >= 0.6 is 0 Å². The highest BCUT2D eigenvalue weighted by Gasteiger charge is 2.45. The van der Waals surface area contributed by atoms with E-state index in [1.165, 1.54) is 11.3 Å². The number of rotatable bonds is 4. The summed E-state index contributed by atoms with van der Waals surface area (Å²) in [6, 6.07) is -0.313. The molecule has 20 heavy (non-hydrogen) atoms. The molecule has 1 N–H and O–H groups in total. The average molecular weight is 281 g/mol. The van der Waals surface area contributed by atoms with Crippen LogP contribution in [0.5, 0.6) is 0 Å². The van der Waals surface area contributed by atoms with Crippen LogP contribution in [0.15, 0.2) is 0 Å². The number of carbonyl (C=O) groups excluding carboxylic acids is 2. The van der Waals surface area contributed by atoms with Gasteiger partial charge in [-0.25, -0.2) is 0 Å². The fourth-order valence-electron chi connectivity index (χ4n) is 3.62. The molecule has 2 rings (SSSR count). The molecular formula is C15H23NO4. The van der Waals surface area contributed by atoms with Crippen molar-refractivity contribution in [2.75, 3.05) is 0 Å². The summed E-state index contributed by atoms with van der Waals surface area (Å²) >= 11 is 0. The zero-order valence-electron chi connectivity index (χ0n) is 12.1. The van der Waals surface area contributed by atoms with Gasteiger partial charge in [0, 0.05) is 25.3 Å². The van der Waals surface area contributed by atoms with Crippen molar-refractivity contribution >= 4 is 17.8 Å². The molecule has 1 saturated heterocycles. The van der Waals surface area contributed by atoms with Crippen molar-refractivity contribution < 1.29 is 19.5 Å². The van der Waals surface area contributed by atoms with Crippen LogP contribution in [0.2, 0.25) is 0 Å². The number of carbonyl (C=O) groups is 3. The third kappa shape index (κ3) is 3.19. The van der Waals surface area contributed by atoms with E-state index >= 15 is 0 Å². The molecule has 1 unspecified atom stereocenters. The molecule has 1 atom stereocenters. The topological polar surface area (TPSA) is 74.7 Å². The minimum atomic E-state index is -0.891. The third-order valence-corrected chi connectivity index (χ3v) is 4.72. The van der Waals surface area contributed by atoms with Crippen molar-refractivity contribution in [2.45, 2.75) is 70.8 Å². The first-order valence-electron chi connectivity index (χ1n) is 7.50. The molecule has 112 valence electrons. The molecule has 2 aliphatic rings. The van der Waals surface area contributed by atoms with Gasteiger partial charge in [0.05, 0.1) is 0 Å². The monoisotopic (exact) mass is 281 g/mol. The van der Waals surface area contributed by atoms with Crippen LogP contribution in [-0.2, 0) is 14.4 Å². The number of piperidine rings is 1. The number of hydrogen-bond donors (Lipinski definition) is 1. The Morgan fingerprint density at radius 3 is 2.25 bits per heavy atom. The summed E-state index contributed by atoms with van der Waals surface area (Å²) in [5.41, 5.74) is -0.102. The zero-order chi connectivity index (χ0) is 14.8. The van der Waals surface area contributed by atoms with E-state index < -0.39 is 5.97 Å². The van der Waals surface area contributed by atoms with Crippen LogP contribution in [-0.4, -0.2) is 33.8 Å². The molecule has 1 aliphatic carbocycles. The first-order chi connectivity index (χ1) is 9.43. The minimum Gasteiger partial charge on any atom is -0.481 e. The Morgan fingerprint density at radius 1 is 1.20 bits per heavy atom. The van der Waals surface area contributed by atoms with E-state index in [1.807, 2.05) is 0 Å². The summed E-state index contributed by atoms with van der Waals surface area (Å²) in [6.45, 7) is 1.76. The summed E-state index contributed by atoms with van der Waals surface area (Å²) in [6.07, 6.45) is 6.59. The van der Waals surface area contributed by atoms with Gasteiger partial charge >= 0.3 is 5.97 Å². The maximum absolute atomic E-state index is 12.3. The molecule has 1 heterocycles. The van der Waals surface area contributed by atoms with E-state index in [0.29, 0.717) is 19.3 Å². The fraction of sp³-hybridized carbons (Fsp3) is 0.800. The van der Waals surface area contributed by atoms with Crippen molar-refractivity contribution in [3.05, 3.63) is 0 Å². The Morgan fingerprint density at radius 2 is 1.75 bits per heavy atom. The second kappa shape index (κ2) is 5.94. The Kier molecular flexibility index (Phi) is 4.45.